The average molecular weight is 161 g/mol. The van der Waals surface area contributed by atoms with Crippen LogP contribution in [0.5, 0.6) is 0 Å². The third kappa shape index (κ3) is 0.561. The number of hydrogen-bond donors (Lipinski definition) is 0. The molecule has 1 radical (unpaired) electrons. The van der Waals surface area contributed by atoms with Crippen molar-refractivity contribution in [1.29, 1.82) is 0 Å². The molecule has 0 amide bonds. The van der Waals surface area contributed by atoms with Gasteiger partial charge in [0.05, 0.1) is 0 Å². The van der Waals surface area contributed by atoms with Gasteiger partial charge in [-0.25, -0.2) is 0 Å². The second-order valence-electron chi connectivity index (χ2n) is 5.85. The monoisotopic (exact) mass is 161 g/mol. The summed E-state index contributed by atoms with van der Waals surface area (Å²) >= 11 is 0. The fraction of sp³-hybridized carbons (Fsp3) is 0.917. The highest BCUT2D eigenvalue weighted by atomic mass is 14.7. The van der Waals surface area contributed by atoms with Crippen molar-refractivity contribution in [3.63, 3.8) is 0 Å². The van der Waals surface area contributed by atoms with Gasteiger partial charge in [0.2, 0.25) is 0 Å². The SMILES string of the molecule is C1CC23CC4CC(CC(C4)[C]12)C3. The Morgan fingerprint density at radius 3 is 2.25 bits per heavy atom. The maximum atomic E-state index is 2.04. The molecule has 5 aliphatic carbocycles. The van der Waals surface area contributed by atoms with Gasteiger partial charge < -0.3 is 0 Å². The standard InChI is InChI=1S/C12H17/c1-2-12-6-8-3-9(7-12)5-10(4-8)11(1)12/h8-10H,1-7H2. The molecule has 0 aromatic heterocycles. The highest BCUT2D eigenvalue weighted by Gasteiger charge is 2.61. The highest BCUT2D eigenvalue weighted by molar-refractivity contribution is 5.26. The van der Waals surface area contributed by atoms with Crippen LogP contribution in [0.3, 0.4) is 0 Å². The van der Waals surface area contributed by atoms with Crippen LogP contribution in [0, 0.1) is 29.1 Å². The van der Waals surface area contributed by atoms with Gasteiger partial charge in [0.15, 0.2) is 0 Å². The summed E-state index contributed by atoms with van der Waals surface area (Å²) in [4.78, 5) is 0. The predicted octanol–water partition coefficient (Wildman–Crippen LogP) is 3.18. The van der Waals surface area contributed by atoms with E-state index in [0.29, 0.717) is 0 Å². The van der Waals surface area contributed by atoms with E-state index in [9.17, 15) is 0 Å². The molecule has 5 saturated carbocycles. The predicted molar refractivity (Wildman–Crippen MR) is 48.5 cm³/mol. The lowest BCUT2D eigenvalue weighted by Crippen LogP contribution is -2.56. The maximum Gasteiger partial charge on any atom is -0.0148 e. The smallest absolute Gasteiger partial charge is 0.0148 e. The lowest BCUT2D eigenvalue weighted by molar-refractivity contribution is -0.0767. The molecule has 5 fully saturated rings. The minimum Gasteiger partial charge on any atom is -0.0475 e. The van der Waals surface area contributed by atoms with Gasteiger partial charge >= 0.3 is 0 Å². The quantitative estimate of drug-likeness (QED) is 0.512. The molecule has 0 heteroatoms. The van der Waals surface area contributed by atoms with E-state index in [1.165, 1.54) is 6.42 Å². The highest BCUT2D eigenvalue weighted by Crippen LogP contribution is 2.71. The van der Waals surface area contributed by atoms with Gasteiger partial charge in [0.1, 0.15) is 0 Å². The minimum atomic E-state index is 0.856. The zero-order valence-electron chi connectivity index (χ0n) is 7.68. The van der Waals surface area contributed by atoms with Crippen LogP contribution in [0.15, 0.2) is 0 Å². The van der Waals surface area contributed by atoms with Crippen molar-refractivity contribution in [3.05, 3.63) is 5.92 Å². The van der Waals surface area contributed by atoms with Crippen molar-refractivity contribution in [2.45, 2.75) is 44.9 Å². The molecule has 0 aromatic carbocycles. The third-order valence-electron chi connectivity index (χ3n) is 5.31. The van der Waals surface area contributed by atoms with E-state index in [2.05, 4.69) is 0 Å². The fourth-order valence-electron chi connectivity index (χ4n) is 5.10. The van der Waals surface area contributed by atoms with Crippen LogP contribution in [0.4, 0.5) is 0 Å². The van der Waals surface area contributed by atoms with E-state index >= 15 is 0 Å². The summed E-state index contributed by atoms with van der Waals surface area (Å²) in [6.07, 6.45) is 11.1. The molecule has 1 spiro atoms. The van der Waals surface area contributed by atoms with E-state index < -0.39 is 0 Å². The van der Waals surface area contributed by atoms with Gasteiger partial charge in [-0.2, -0.15) is 0 Å². The van der Waals surface area contributed by atoms with E-state index in [1.54, 1.807) is 38.5 Å². The molecular weight excluding hydrogens is 144 g/mol. The Bertz CT molecular complexity index is 216. The molecule has 0 N–H and O–H groups in total. The molecule has 4 bridgehead atoms. The van der Waals surface area contributed by atoms with Gasteiger partial charge in [-0.15, -0.1) is 0 Å². The Hall–Kier alpha value is 0. The second-order valence-corrected chi connectivity index (χ2v) is 5.85. The first-order valence-corrected chi connectivity index (χ1v) is 5.72. The van der Waals surface area contributed by atoms with Crippen molar-refractivity contribution >= 4 is 0 Å². The van der Waals surface area contributed by atoms with Crippen molar-refractivity contribution in [2.24, 2.45) is 23.2 Å². The Morgan fingerprint density at radius 1 is 1.00 bits per heavy atom. The molecule has 0 nitrogen and oxygen atoms in total. The van der Waals surface area contributed by atoms with Gasteiger partial charge in [-0.1, -0.05) is 0 Å². The average Bonchev–Trinajstić information content (AvgIpc) is 1.98. The molecule has 5 aliphatic rings. The largest absolute Gasteiger partial charge is 0.0475 e. The van der Waals surface area contributed by atoms with Gasteiger partial charge in [-0.05, 0) is 74.0 Å². The normalized spacial score (nSPS) is 61.5. The number of hydrogen-bond acceptors (Lipinski definition) is 0. The van der Waals surface area contributed by atoms with Crippen LogP contribution in [0.2, 0.25) is 0 Å². The summed E-state index contributed by atoms with van der Waals surface area (Å²) in [5.74, 6) is 5.47. The maximum absolute atomic E-state index is 2.04. The summed E-state index contributed by atoms with van der Waals surface area (Å²) < 4.78 is 0. The molecule has 2 atom stereocenters. The van der Waals surface area contributed by atoms with E-state index in [0.717, 1.165) is 23.2 Å². The molecule has 0 heterocycles. The van der Waals surface area contributed by atoms with Gasteiger partial charge in [-0.3, -0.25) is 0 Å². The van der Waals surface area contributed by atoms with Crippen LogP contribution < -0.4 is 0 Å². The van der Waals surface area contributed by atoms with Crippen molar-refractivity contribution in [3.8, 4) is 0 Å². The number of rotatable bonds is 0. The van der Waals surface area contributed by atoms with Crippen molar-refractivity contribution in [1.82, 2.24) is 0 Å². The Kier molecular flexibility index (Phi) is 0.946. The van der Waals surface area contributed by atoms with Crippen LogP contribution in [-0.4, -0.2) is 0 Å². The molecular formula is C12H17. The second kappa shape index (κ2) is 1.76. The van der Waals surface area contributed by atoms with E-state index in [4.69, 9.17) is 0 Å². The van der Waals surface area contributed by atoms with Crippen molar-refractivity contribution in [2.75, 3.05) is 0 Å². The summed E-state index contributed by atoms with van der Waals surface area (Å²) in [5, 5.41) is 0. The first-order valence-electron chi connectivity index (χ1n) is 5.72. The molecule has 5 rings (SSSR count). The van der Waals surface area contributed by atoms with Gasteiger partial charge in [0, 0.05) is 0 Å². The zero-order valence-corrected chi connectivity index (χ0v) is 7.68. The summed E-state index contributed by atoms with van der Waals surface area (Å²) in [7, 11) is 0. The molecule has 65 valence electrons. The van der Waals surface area contributed by atoms with Gasteiger partial charge in [0.25, 0.3) is 0 Å². The van der Waals surface area contributed by atoms with E-state index in [-0.39, 0.29) is 0 Å². The zero-order chi connectivity index (χ0) is 7.76. The Balaban J connectivity index is 1.80. The fourth-order valence-corrected chi connectivity index (χ4v) is 5.10. The lowest BCUT2D eigenvalue weighted by Gasteiger charge is -2.67. The topological polar surface area (TPSA) is 0 Å². The summed E-state index contributed by atoms with van der Waals surface area (Å²) in [5.41, 5.74) is 0.856. The molecule has 0 saturated heterocycles. The van der Waals surface area contributed by atoms with Crippen molar-refractivity contribution < 1.29 is 0 Å². The molecule has 12 heavy (non-hydrogen) atoms. The van der Waals surface area contributed by atoms with E-state index in [1.807, 2.05) is 5.92 Å². The third-order valence-corrected chi connectivity index (χ3v) is 5.31. The van der Waals surface area contributed by atoms with Crippen LogP contribution >= 0.6 is 0 Å². The molecule has 0 aromatic rings. The first-order chi connectivity index (χ1) is 5.86. The Morgan fingerprint density at radius 2 is 1.75 bits per heavy atom. The lowest BCUT2D eigenvalue weighted by atomic mass is 9.38. The molecule has 0 aliphatic heterocycles. The van der Waals surface area contributed by atoms with Crippen LogP contribution in [0.1, 0.15) is 44.9 Å². The minimum absolute atomic E-state index is 0.856. The summed E-state index contributed by atoms with van der Waals surface area (Å²) in [6, 6.07) is 0. The summed E-state index contributed by atoms with van der Waals surface area (Å²) in [6.45, 7) is 0. The molecule has 2 unspecified atom stereocenters. The Labute approximate surface area is 74.7 Å². The first kappa shape index (κ1) is 6.45. The van der Waals surface area contributed by atoms with Crippen LogP contribution in [0.25, 0.3) is 0 Å². The van der Waals surface area contributed by atoms with Crippen LogP contribution in [-0.2, 0) is 0 Å².